The van der Waals surface area contributed by atoms with E-state index in [-0.39, 0.29) is 12.4 Å². The smallest absolute Gasteiger partial charge is 0.277 e. The van der Waals surface area contributed by atoms with E-state index >= 15 is 0 Å². The Labute approximate surface area is 161 Å². The van der Waals surface area contributed by atoms with Crippen molar-refractivity contribution >= 4 is 28.1 Å². The van der Waals surface area contributed by atoms with E-state index in [0.29, 0.717) is 23.7 Å². The highest BCUT2D eigenvalue weighted by Gasteiger charge is 2.08. The van der Waals surface area contributed by atoms with E-state index in [1.165, 1.54) is 12.3 Å². The number of amides is 1. The molecule has 0 spiro atoms. The van der Waals surface area contributed by atoms with Gasteiger partial charge in [-0.25, -0.2) is 5.43 Å². The lowest BCUT2D eigenvalue weighted by Gasteiger charge is -2.11. The summed E-state index contributed by atoms with van der Waals surface area (Å²) < 4.78 is 11.8. The van der Waals surface area contributed by atoms with Gasteiger partial charge in [-0.05, 0) is 56.2 Å². The summed E-state index contributed by atoms with van der Waals surface area (Å²) >= 11 is 3.42. The molecule has 7 heteroatoms. The lowest BCUT2D eigenvalue weighted by atomic mass is 10.1. The maximum Gasteiger partial charge on any atom is 0.277 e. The number of hydrogen-bond donors (Lipinski definition) is 2. The molecule has 1 amide bonds. The van der Waals surface area contributed by atoms with Crippen LogP contribution in [-0.4, -0.2) is 30.4 Å². The zero-order valence-corrected chi connectivity index (χ0v) is 16.5. The summed E-state index contributed by atoms with van der Waals surface area (Å²) in [5.74, 6) is 0.871. The number of carbonyl (C=O) groups is 1. The van der Waals surface area contributed by atoms with Gasteiger partial charge in [-0.2, -0.15) is 5.10 Å². The van der Waals surface area contributed by atoms with Gasteiger partial charge in [-0.3, -0.25) is 4.79 Å². The molecule has 0 fully saturated rings. The lowest BCUT2D eigenvalue weighted by molar-refractivity contribution is -0.123. The quantitative estimate of drug-likeness (QED) is 0.528. The first-order chi connectivity index (χ1) is 12.4. The number of phenolic OH excluding ortho intramolecular Hbond substituents is 1. The van der Waals surface area contributed by atoms with E-state index < -0.39 is 5.91 Å². The average Bonchev–Trinajstić information content (AvgIpc) is 2.56. The van der Waals surface area contributed by atoms with Crippen molar-refractivity contribution in [2.45, 2.75) is 20.8 Å². The van der Waals surface area contributed by atoms with E-state index in [2.05, 4.69) is 26.5 Å². The van der Waals surface area contributed by atoms with E-state index in [9.17, 15) is 9.90 Å². The molecule has 2 aromatic rings. The Morgan fingerprint density at radius 2 is 1.92 bits per heavy atom. The van der Waals surface area contributed by atoms with Crippen LogP contribution in [0, 0.1) is 13.8 Å². The van der Waals surface area contributed by atoms with Crippen molar-refractivity contribution in [3.8, 4) is 17.2 Å². The molecule has 2 N–H and O–H groups in total. The van der Waals surface area contributed by atoms with Crippen LogP contribution in [0.1, 0.15) is 23.6 Å². The van der Waals surface area contributed by atoms with Gasteiger partial charge in [0, 0.05) is 16.1 Å². The highest BCUT2D eigenvalue weighted by Crippen LogP contribution is 2.27. The fraction of sp³-hybridized carbons (Fsp3) is 0.263. The number of hydrogen-bond acceptors (Lipinski definition) is 5. The molecule has 2 rings (SSSR count). The molecule has 0 radical (unpaired) electrons. The number of nitrogens with zero attached hydrogens (tertiary/aromatic N) is 1. The Bertz CT molecular complexity index is 798. The van der Waals surface area contributed by atoms with Gasteiger partial charge in [-0.1, -0.05) is 15.9 Å². The minimum absolute atomic E-state index is 0.0197. The van der Waals surface area contributed by atoms with Crippen LogP contribution >= 0.6 is 15.9 Å². The molecule has 0 unspecified atom stereocenters. The fourth-order valence-electron chi connectivity index (χ4n) is 2.36. The molecular weight excluding hydrogens is 400 g/mol. The van der Waals surface area contributed by atoms with Gasteiger partial charge in [0.15, 0.2) is 6.61 Å². The first-order valence-electron chi connectivity index (χ1n) is 8.08. The third-order valence-corrected chi connectivity index (χ3v) is 3.94. The van der Waals surface area contributed by atoms with Crippen molar-refractivity contribution in [3.63, 3.8) is 0 Å². The Balaban J connectivity index is 1.90. The Morgan fingerprint density at radius 1 is 1.23 bits per heavy atom. The summed E-state index contributed by atoms with van der Waals surface area (Å²) in [6, 6.07) is 8.71. The molecule has 2 aromatic carbocycles. The van der Waals surface area contributed by atoms with E-state index in [0.717, 1.165) is 15.6 Å². The second-order valence-electron chi connectivity index (χ2n) is 5.60. The second-order valence-corrected chi connectivity index (χ2v) is 6.52. The van der Waals surface area contributed by atoms with Crippen LogP contribution < -0.4 is 14.9 Å². The molecule has 0 aliphatic rings. The van der Waals surface area contributed by atoms with Crippen LogP contribution in [0.3, 0.4) is 0 Å². The normalized spacial score (nSPS) is 10.8. The van der Waals surface area contributed by atoms with Crippen molar-refractivity contribution in [2.75, 3.05) is 13.2 Å². The third-order valence-electron chi connectivity index (χ3n) is 3.48. The molecule has 0 aliphatic heterocycles. The summed E-state index contributed by atoms with van der Waals surface area (Å²) in [7, 11) is 0. The molecule has 0 heterocycles. The number of rotatable bonds is 7. The Kier molecular flexibility index (Phi) is 7.03. The van der Waals surface area contributed by atoms with E-state index in [4.69, 9.17) is 9.47 Å². The number of benzene rings is 2. The number of ether oxygens (including phenoxy) is 2. The lowest BCUT2D eigenvalue weighted by Crippen LogP contribution is -2.25. The summed E-state index contributed by atoms with van der Waals surface area (Å²) in [5.41, 5.74) is 4.71. The molecule has 0 saturated heterocycles. The summed E-state index contributed by atoms with van der Waals surface area (Å²) in [6.45, 7) is 6.05. The maximum atomic E-state index is 11.9. The largest absolute Gasteiger partial charge is 0.507 e. The van der Waals surface area contributed by atoms with Crippen molar-refractivity contribution in [2.24, 2.45) is 5.10 Å². The zero-order valence-electron chi connectivity index (χ0n) is 14.9. The van der Waals surface area contributed by atoms with Crippen LogP contribution in [0.4, 0.5) is 0 Å². The zero-order chi connectivity index (χ0) is 19.1. The molecule has 26 heavy (non-hydrogen) atoms. The maximum absolute atomic E-state index is 11.9. The average molecular weight is 421 g/mol. The predicted molar refractivity (Wildman–Crippen MR) is 104 cm³/mol. The first-order valence-corrected chi connectivity index (χ1v) is 8.87. The monoisotopic (exact) mass is 420 g/mol. The number of nitrogens with one attached hydrogen (secondary N) is 1. The van der Waals surface area contributed by atoms with Crippen molar-refractivity contribution < 1.29 is 19.4 Å². The third kappa shape index (κ3) is 5.49. The van der Waals surface area contributed by atoms with Crippen LogP contribution in [0.5, 0.6) is 17.2 Å². The molecule has 0 saturated carbocycles. The van der Waals surface area contributed by atoms with Gasteiger partial charge in [-0.15, -0.1) is 0 Å². The first kappa shape index (κ1) is 19.8. The number of carbonyl (C=O) groups excluding carboxylic acids is 1. The Morgan fingerprint density at radius 3 is 2.54 bits per heavy atom. The van der Waals surface area contributed by atoms with Gasteiger partial charge >= 0.3 is 0 Å². The van der Waals surface area contributed by atoms with Crippen LogP contribution in [0.25, 0.3) is 0 Å². The summed E-state index contributed by atoms with van der Waals surface area (Å²) in [5, 5.41) is 13.7. The number of phenols is 1. The summed E-state index contributed by atoms with van der Waals surface area (Å²) in [4.78, 5) is 11.9. The van der Waals surface area contributed by atoms with Gasteiger partial charge < -0.3 is 14.6 Å². The fourth-order valence-corrected chi connectivity index (χ4v) is 3.04. The van der Waals surface area contributed by atoms with Gasteiger partial charge in [0.1, 0.15) is 17.2 Å². The van der Waals surface area contributed by atoms with Gasteiger partial charge in [0.05, 0.1) is 12.8 Å². The van der Waals surface area contributed by atoms with Crippen LogP contribution in [0.2, 0.25) is 0 Å². The predicted octanol–water partition coefficient (Wildman–Crippen LogP) is 3.70. The molecule has 0 aliphatic carbocycles. The molecule has 0 bridgehead atoms. The highest BCUT2D eigenvalue weighted by atomic mass is 79.9. The number of hydrazone groups is 1. The van der Waals surface area contributed by atoms with Crippen molar-refractivity contribution in [1.82, 2.24) is 5.43 Å². The Hall–Kier alpha value is -2.54. The minimum atomic E-state index is -0.395. The van der Waals surface area contributed by atoms with Gasteiger partial charge in [0.25, 0.3) is 5.91 Å². The van der Waals surface area contributed by atoms with E-state index in [1.54, 1.807) is 12.1 Å². The highest BCUT2D eigenvalue weighted by molar-refractivity contribution is 9.10. The summed E-state index contributed by atoms with van der Waals surface area (Å²) in [6.07, 6.45) is 1.36. The molecule has 0 aromatic heterocycles. The van der Waals surface area contributed by atoms with Crippen molar-refractivity contribution in [3.05, 3.63) is 51.5 Å². The molecular formula is C19H21BrN2O4. The number of aryl methyl sites for hydroxylation is 2. The molecule has 0 atom stereocenters. The number of halogens is 1. The molecule has 6 nitrogen and oxygen atoms in total. The molecule has 138 valence electrons. The van der Waals surface area contributed by atoms with Gasteiger partial charge in [0.2, 0.25) is 0 Å². The SMILES string of the molecule is CCOc1ccc(/C=N\NC(=O)COc2c(C)cc(Br)cc2C)c(O)c1. The number of aromatic hydroxyl groups is 1. The van der Waals surface area contributed by atoms with Crippen LogP contribution in [0.15, 0.2) is 39.9 Å². The van der Waals surface area contributed by atoms with Crippen LogP contribution in [-0.2, 0) is 4.79 Å². The minimum Gasteiger partial charge on any atom is -0.507 e. The van der Waals surface area contributed by atoms with E-state index in [1.807, 2.05) is 32.9 Å². The second kappa shape index (κ2) is 9.24. The standard InChI is InChI=1S/C19H21BrN2O4/c1-4-25-16-6-5-14(17(23)9-16)10-21-22-18(24)11-26-19-12(2)7-15(20)8-13(19)3/h5-10,23H,4,11H2,1-3H3,(H,22,24)/b21-10-. The van der Waals surface area contributed by atoms with Crippen molar-refractivity contribution in [1.29, 1.82) is 0 Å². The topological polar surface area (TPSA) is 80.2 Å².